The Balaban J connectivity index is 3.04. The molecule has 3 heteroatoms. The van der Waals surface area contributed by atoms with Crippen molar-refractivity contribution in [1.29, 1.82) is 0 Å². The molecule has 0 unspecified atom stereocenters. The predicted molar refractivity (Wildman–Crippen MR) is 72.1 cm³/mol. The molecule has 0 bridgehead atoms. The summed E-state index contributed by atoms with van der Waals surface area (Å²) in [5.74, 6) is 0.977. The number of alkyl halides is 1. The second-order valence-electron chi connectivity index (χ2n) is 4.43. The first-order valence-corrected chi connectivity index (χ1v) is 6.85. The fourth-order valence-electron chi connectivity index (χ4n) is 1.36. The molecule has 0 saturated carbocycles. The van der Waals surface area contributed by atoms with Gasteiger partial charge in [-0.3, -0.25) is 0 Å². The maximum Gasteiger partial charge on any atom is 0.123 e. The zero-order chi connectivity index (χ0) is 11.5. The van der Waals surface area contributed by atoms with Crippen LogP contribution in [0.15, 0.2) is 22.7 Å². The fourth-order valence-corrected chi connectivity index (χ4v) is 1.89. The summed E-state index contributed by atoms with van der Waals surface area (Å²) in [7, 11) is 0. The van der Waals surface area contributed by atoms with Crippen LogP contribution in [0.5, 0.6) is 5.75 Å². The minimum Gasteiger partial charge on any atom is -0.492 e. The smallest absolute Gasteiger partial charge is 0.123 e. The standard InChI is InChI=1S/C12H16Br2O/c1-12(2,3)10-8-9(14)4-5-11(10)15-7-6-13/h4-5,8H,6-7H2,1-3H3. The molecule has 0 saturated heterocycles. The largest absolute Gasteiger partial charge is 0.492 e. The van der Waals surface area contributed by atoms with Crippen molar-refractivity contribution < 1.29 is 4.74 Å². The molecule has 0 radical (unpaired) electrons. The van der Waals surface area contributed by atoms with Crippen molar-refractivity contribution in [2.75, 3.05) is 11.9 Å². The molecule has 0 aliphatic heterocycles. The van der Waals surface area contributed by atoms with Gasteiger partial charge in [0, 0.05) is 15.4 Å². The molecular formula is C12H16Br2O. The quantitative estimate of drug-likeness (QED) is 0.738. The molecular weight excluding hydrogens is 320 g/mol. The molecule has 0 aliphatic rings. The Hall–Kier alpha value is -0.0200. The van der Waals surface area contributed by atoms with E-state index in [4.69, 9.17) is 4.74 Å². The lowest BCUT2D eigenvalue weighted by atomic mass is 9.86. The summed E-state index contributed by atoms with van der Waals surface area (Å²) in [5.41, 5.74) is 1.34. The summed E-state index contributed by atoms with van der Waals surface area (Å²) < 4.78 is 6.80. The van der Waals surface area contributed by atoms with Crippen LogP contribution in [0.4, 0.5) is 0 Å². The Kier molecular flexibility index (Phi) is 4.65. The average Bonchev–Trinajstić information content (AvgIpc) is 2.14. The molecule has 84 valence electrons. The Morgan fingerprint density at radius 3 is 2.47 bits per heavy atom. The number of benzene rings is 1. The third kappa shape index (κ3) is 3.80. The molecule has 0 N–H and O–H groups in total. The number of rotatable bonds is 3. The Morgan fingerprint density at radius 2 is 1.93 bits per heavy atom. The van der Waals surface area contributed by atoms with Gasteiger partial charge in [-0.25, -0.2) is 0 Å². The predicted octanol–water partition coefficient (Wildman–Crippen LogP) is 4.52. The molecule has 0 amide bonds. The van der Waals surface area contributed by atoms with E-state index < -0.39 is 0 Å². The normalized spacial score (nSPS) is 11.5. The summed E-state index contributed by atoms with van der Waals surface area (Å²) >= 11 is 6.85. The van der Waals surface area contributed by atoms with Gasteiger partial charge in [-0.15, -0.1) is 0 Å². The van der Waals surface area contributed by atoms with E-state index in [-0.39, 0.29) is 5.41 Å². The summed E-state index contributed by atoms with van der Waals surface area (Å²) in [6.07, 6.45) is 0. The first-order valence-electron chi connectivity index (χ1n) is 4.94. The number of hydrogen-bond donors (Lipinski definition) is 0. The highest BCUT2D eigenvalue weighted by Crippen LogP contribution is 2.33. The van der Waals surface area contributed by atoms with Crippen LogP contribution in [0.2, 0.25) is 0 Å². The first kappa shape index (κ1) is 13.0. The first-order chi connectivity index (χ1) is 6.95. The zero-order valence-corrected chi connectivity index (χ0v) is 12.5. The summed E-state index contributed by atoms with van der Waals surface area (Å²) in [4.78, 5) is 0. The van der Waals surface area contributed by atoms with Crippen LogP contribution in [0.3, 0.4) is 0 Å². The van der Waals surface area contributed by atoms with Gasteiger partial charge < -0.3 is 4.74 Å². The topological polar surface area (TPSA) is 9.23 Å². The fraction of sp³-hybridized carbons (Fsp3) is 0.500. The molecule has 15 heavy (non-hydrogen) atoms. The van der Waals surface area contributed by atoms with Gasteiger partial charge in [0.25, 0.3) is 0 Å². The van der Waals surface area contributed by atoms with Gasteiger partial charge in [0.2, 0.25) is 0 Å². The molecule has 1 rings (SSSR count). The Bertz CT molecular complexity index is 329. The van der Waals surface area contributed by atoms with Gasteiger partial charge in [-0.2, -0.15) is 0 Å². The zero-order valence-electron chi connectivity index (χ0n) is 9.31. The number of ether oxygens (including phenoxy) is 1. The minimum atomic E-state index is 0.103. The third-order valence-corrected chi connectivity index (χ3v) is 2.90. The highest BCUT2D eigenvalue weighted by Gasteiger charge is 2.19. The lowest BCUT2D eigenvalue weighted by molar-refractivity contribution is 0.334. The molecule has 0 spiro atoms. The van der Waals surface area contributed by atoms with Crippen LogP contribution in [-0.2, 0) is 5.41 Å². The van der Waals surface area contributed by atoms with E-state index in [0.29, 0.717) is 6.61 Å². The van der Waals surface area contributed by atoms with Crippen LogP contribution in [0.1, 0.15) is 26.3 Å². The summed E-state index contributed by atoms with van der Waals surface area (Å²) in [6.45, 7) is 7.27. The van der Waals surface area contributed by atoms with Crippen LogP contribution < -0.4 is 4.74 Å². The SMILES string of the molecule is CC(C)(C)c1cc(Br)ccc1OCCBr. The van der Waals surface area contributed by atoms with E-state index in [2.05, 4.69) is 58.7 Å². The van der Waals surface area contributed by atoms with E-state index in [1.54, 1.807) is 0 Å². The molecule has 1 aromatic carbocycles. The van der Waals surface area contributed by atoms with E-state index >= 15 is 0 Å². The molecule has 1 aromatic rings. The third-order valence-electron chi connectivity index (χ3n) is 2.08. The Labute approximate surface area is 108 Å². The van der Waals surface area contributed by atoms with Crippen molar-refractivity contribution in [2.24, 2.45) is 0 Å². The van der Waals surface area contributed by atoms with Crippen molar-refractivity contribution in [3.05, 3.63) is 28.2 Å². The lowest BCUT2D eigenvalue weighted by Gasteiger charge is -2.23. The lowest BCUT2D eigenvalue weighted by Crippen LogP contribution is -2.14. The van der Waals surface area contributed by atoms with Crippen molar-refractivity contribution in [2.45, 2.75) is 26.2 Å². The monoisotopic (exact) mass is 334 g/mol. The van der Waals surface area contributed by atoms with Crippen molar-refractivity contribution >= 4 is 31.9 Å². The molecule has 0 aliphatic carbocycles. The highest BCUT2D eigenvalue weighted by molar-refractivity contribution is 9.10. The van der Waals surface area contributed by atoms with Gasteiger partial charge in [0.15, 0.2) is 0 Å². The van der Waals surface area contributed by atoms with Crippen LogP contribution >= 0.6 is 31.9 Å². The number of halogens is 2. The molecule has 1 nitrogen and oxygen atoms in total. The van der Waals surface area contributed by atoms with Crippen LogP contribution in [0.25, 0.3) is 0 Å². The van der Waals surface area contributed by atoms with Crippen molar-refractivity contribution in [3.8, 4) is 5.75 Å². The van der Waals surface area contributed by atoms with Gasteiger partial charge in [0.05, 0.1) is 6.61 Å². The maximum absolute atomic E-state index is 5.70. The Morgan fingerprint density at radius 1 is 1.27 bits per heavy atom. The van der Waals surface area contributed by atoms with Crippen LogP contribution in [-0.4, -0.2) is 11.9 Å². The second-order valence-corrected chi connectivity index (χ2v) is 6.14. The molecule has 0 atom stereocenters. The molecule has 0 fully saturated rings. The van der Waals surface area contributed by atoms with Crippen molar-refractivity contribution in [1.82, 2.24) is 0 Å². The van der Waals surface area contributed by atoms with Gasteiger partial charge in [0.1, 0.15) is 5.75 Å². The molecule has 0 heterocycles. The van der Waals surface area contributed by atoms with E-state index in [1.807, 2.05) is 12.1 Å². The van der Waals surface area contributed by atoms with E-state index in [0.717, 1.165) is 15.6 Å². The summed E-state index contributed by atoms with van der Waals surface area (Å²) in [5, 5.41) is 0.854. The van der Waals surface area contributed by atoms with Gasteiger partial charge >= 0.3 is 0 Å². The van der Waals surface area contributed by atoms with E-state index in [1.165, 1.54) is 5.56 Å². The maximum atomic E-state index is 5.70. The minimum absolute atomic E-state index is 0.103. The summed E-state index contributed by atoms with van der Waals surface area (Å²) in [6, 6.07) is 6.16. The molecule has 0 aromatic heterocycles. The second kappa shape index (κ2) is 5.35. The van der Waals surface area contributed by atoms with E-state index in [9.17, 15) is 0 Å². The number of hydrogen-bond acceptors (Lipinski definition) is 1. The van der Waals surface area contributed by atoms with Gasteiger partial charge in [-0.1, -0.05) is 52.6 Å². The van der Waals surface area contributed by atoms with Gasteiger partial charge in [-0.05, 0) is 23.6 Å². The average molecular weight is 336 g/mol. The highest BCUT2D eigenvalue weighted by atomic mass is 79.9. The van der Waals surface area contributed by atoms with Crippen LogP contribution in [0, 0.1) is 0 Å². The van der Waals surface area contributed by atoms with Crippen molar-refractivity contribution in [3.63, 3.8) is 0 Å².